The van der Waals surface area contributed by atoms with Crippen LogP contribution in [0.15, 0.2) is 4.99 Å². The molecule has 1 amide bonds. The van der Waals surface area contributed by atoms with E-state index >= 15 is 0 Å². The monoisotopic (exact) mass is 367 g/mol. The van der Waals surface area contributed by atoms with E-state index in [1.165, 1.54) is 19.3 Å². The number of morpholine rings is 1. The largest absolute Gasteiger partial charge is 0.379 e. The molecule has 7 heteroatoms. The van der Waals surface area contributed by atoms with Gasteiger partial charge in [-0.2, -0.15) is 0 Å². The molecule has 0 aromatic carbocycles. The van der Waals surface area contributed by atoms with Crippen LogP contribution in [0.4, 0.5) is 0 Å². The first-order chi connectivity index (χ1) is 12.7. The van der Waals surface area contributed by atoms with Crippen LogP contribution >= 0.6 is 0 Å². The number of nitrogens with zero attached hydrogens (tertiary/aromatic N) is 2. The highest BCUT2D eigenvalue weighted by atomic mass is 16.5. The summed E-state index contributed by atoms with van der Waals surface area (Å²) in [7, 11) is 0. The SMILES string of the molecule is CCNC(=NCC(C)N1CCOCC1)NCCNC(=O)C1CCCCC1. The van der Waals surface area contributed by atoms with Crippen molar-refractivity contribution < 1.29 is 9.53 Å². The van der Waals surface area contributed by atoms with Crippen LogP contribution in [0.1, 0.15) is 46.0 Å². The van der Waals surface area contributed by atoms with Gasteiger partial charge in [-0.1, -0.05) is 19.3 Å². The zero-order valence-corrected chi connectivity index (χ0v) is 16.6. The smallest absolute Gasteiger partial charge is 0.223 e. The summed E-state index contributed by atoms with van der Waals surface area (Å²) >= 11 is 0. The molecule has 1 aliphatic heterocycles. The second kappa shape index (κ2) is 12.1. The highest BCUT2D eigenvalue weighted by Gasteiger charge is 2.20. The lowest BCUT2D eigenvalue weighted by Crippen LogP contribution is -2.45. The van der Waals surface area contributed by atoms with Crippen molar-refractivity contribution in [3.8, 4) is 0 Å². The van der Waals surface area contributed by atoms with Crippen LogP contribution in [0.25, 0.3) is 0 Å². The third kappa shape index (κ3) is 7.50. The quantitative estimate of drug-likeness (QED) is 0.338. The number of carbonyl (C=O) groups is 1. The molecule has 1 heterocycles. The second-order valence-electron chi connectivity index (χ2n) is 7.27. The minimum atomic E-state index is 0.217. The molecular weight excluding hydrogens is 330 g/mol. The fourth-order valence-electron chi connectivity index (χ4n) is 3.57. The van der Waals surface area contributed by atoms with Crippen molar-refractivity contribution in [3.63, 3.8) is 0 Å². The lowest BCUT2D eigenvalue weighted by Gasteiger charge is -2.31. The molecule has 1 saturated carbocycles. The fraction of sp³-hybridized carbons (Fsp3) is 0.895. The molecule has 0 aromatic rings. The summed E-state index contributed by atoms with van der Waals surface area (Å²) in [5.41, 5.74) is 0. The van der Waals surface area contributed by atoms with Crippen LogP contribution in [0.5, 0.6) is 0 Å². The molecule has 7 nitrogen and oxygen atoms in total. The Morgan fingerprint density at radius 1 is 1.12 bits per heavy atom. The Morgan fingerprint density at radius 3 is 2.50 bits per heavy atom. The first-order valence-electron chi connectivity index (χ1n) is 10.3. The number of amides is 1. The lowest BCUT2D eigenvalue weighted by molar-refractivity contribution is -0.125. The highest BCUT2D eigenvalue weighted by Crippen LogP contribution is 2.23. The number of nitrogens with one attached hydrogen (secondary N) is 3. The number of hydrogen-bond donors (Lipinski definition) is 3. The van der Waals surface area contributed by atoms with E-state index in [2.05, 4.69) is 34.7 Å². The zero-order valence-electron chi connectivity index (χ0n) is 16.6. The molecule has 2 aliphatic rings. The Morgan fingerprint density at radius 2 is 1.81 bits per heavy atom. The predicted octanol–water partition coefficient (Wildman–Crippen LogP) is 0.959. The first-order valence-corrected chi connectivity index (χ1v) is 10.3. The van der Waals surface area contributed by atoms with Gasteiger partial charge in [0.1, 0.15) is 0 Å². The fourth-order valence-corrected chi connectivity index (χ4v) is 3.57. The van der Waals surface area contributed by atoms with E-state index < -0.39 is 0 Å². The average molecular weight is 368 g/mol. The molecule has 3 N–H and O–H groups in total. The maximum atomic E-state index is 12.2. The molecule has 1 saturated heterocycles. The normalized spacial score (nSPS) is 21.2. The average Bonchev–Trinajstić information content (AvgIpc) is 2.70. The maximum absolute atomic E-state index is 12.2. The minimum absolute atomic E-state index is 0.217. The van der Waals surface area contributed by atoms with Crippen LogP contribution in [0.3, 0.4) is 0 Å². The van der Waals surface area contributed by atoms with Crippen molar-refractivity contribution in [1.82, 2.24) is 20.9 Å². The van der Waals surface area contributed by atoms with Crippen LogP contribution in [0.2, 0.25) is 0 Å². The first kappa shape index (κ1) is 21.0. The number of guanidine groups is 1. The molecular formula is C19H37N5O2. The number of rotatable bonds is 8. The van der Waals surface area contributed by atoms with Crippen molar-refractivity contribution in [2.24, 2.45) is 10.9 Å². The van der Waals surface area contributed by atoms with E-state index in [1.807, 2.05) is 0 Å². The third-order valence-electron chi connectivity index (χ3n) is 5.22. The molecule has 150 valence electrons. The topological polar surface area (TPSA) is 78.0 Å². The van der Waals surface area contributed by atoms with E-state index in [1.54, 1.807) is 0 Å². The van der Waals surface area contributed by atoms with Gasteiger partial charge in [-0.3, -0.25) is 14.7 Å². The minimum Gasteiger partial charge on any atom is -0.379 e. The van der Waals surface area contributed by atoms with Gasteiger partial charge in [0.15, 0.2) is 5.96 Å². The summed E-state index contributed by atoms with van der Waals surface area (Å²) in [5.74, 6) is 1.26. The number of carbonyl (C=O) groups excluding carboxylic acids is 1. The molecule has 0 spiro atoms. The van der Waals surface area contributed by atoms with Gasteiger partial charge < -0.3 is 20.7 Å². The Bertz CT molecular complexity index is 432. The highest BCUT2D eigenvalue weighted by molar-refractivity contribution is 5.80. The molecule has 0 radical (unpaired) electrons. The number of ether oxygens (including phenoxy) is 1. The lowest BCUT2D eigenvalue weighted by atomic mass is 9.89. The molecule has 0 aromatic heterocycles. The van der Waals surface area contributed by atoms with E-state index in [4.69, 9.17) is 9.73 Å². The Labute approximate surface area is 158 Å². The van der Waals surface area contributed by atoms with Gasteiger partial charge in [0, 0.05) is 44.7 Å². The molecule has 2 rings (SSSR count). The van der Waals surface area contributed by atoms with Crippen molar-refractivity contribution >= 4 is 11.9 Å². The summed E-state index contributed by atoms with van der Waals surface area (Å²) in [4.78, 5) is 19.3. The Balaban J connectivity index is 1.66. The van der Waals surface area contributed by atoms with Crippen molar-refractivity contribution in [2.75, 3.05) is 52.5 Å². The molecule has 0 bridgehead atoms. The summed E-state index contributed by atoms with van der Waals surface area (Å²) in [6, 6.07) is 0.403. The Hall–Kier alpha value is -1.34. The molecule has 1 aliphatic carbocycles. The van der Waals surface area contributed by atoms with Crippen LogP contribution < -0.4 is 16.0 Å². The maximum Gasteiger partial charge on any atom is 0.223 e. The van der Waals surface area contributed by atoms with Gasteiger partial charge in [0.05, 0.1) is 19.8 Å². The van der Waals surface area contributed by atoms with Gasteiger partial charge in [-0.05, 0) is 26.7 Å². The molecule has 26 heavy (non-hydrogen) atoms. The van der Waals surface area contributed by atoms with Gasteiger partial charge in [-0.15, -0.1) is 0 Å². The molecule has 1 atom stereocenters. The standard InChI is InChI=1S/C19H37N5O2/c1-3-20-19(23-15-16(2)24-11-13-26-14-12-24)22-10-9-21-18(25)17-7-5-4-6-8-17/h16-17H,3-15H2,1-2H3,(H,21,25)(H2,20,22,23). The molecule has 1 unspecified atom stereocenters. The van der Waals surface area contributed by atoms with Crippen LogP contribution in [0, 0.1) is 5.92 Å². The second-order valence-corrected chi connectivity index (χ2v) is 7.27. The van der Waals surface area contributed by atoms with E-state index in [9.17, 15) is 4.79 Å². The summed E-state index contributed by atoms with van der Waals surface area (Å²) in [6.45, 7) is 10.8. The number of aliphatic imine (C=N–C) groups is 1. The van der Waals surface area contributed by atoms with Gasteiger partial charge >= 0.3 is 0 Å². The van der Waals surface area contributed by atoms with Crippen LogP contribution in [-0.4, -0.2) is 75.3 Å². The predicted molar refractivity (Wildman–Crippen MR) is 105 cm³/mol. The van der Waals surface area contributed by atoms with Gasteiger partial charge in [-0.25, -0.2) is 0 Å². The summed E-state index contributed by atoms with van der Waals surface area (Å²) in [5, 5.41) is 9.65. The van der Waals surface area contributed by atoms with E-state index in [0.29, 0.717) is 19.1 Å². The van der Waals surface area contributed by atoms with Gasteiger partial charge in [0.2, 0.25) is 5.91 Å². The van der Waals surface area contributed by atoms with Crippen molar-refractivity contribution in [2.45, 2.75) is 52.0 Å². The zero-order chi connectivity index (χ0) is 18.6. The number of hydrogen-bond acceptors (Lipinski definition) is 4. The summed E-state index contributed by atoms with van der Waals surface area (Å²) in [6.07, 6.45) is 5.74. The molecule has 2 fully saturated rings. The summed E-state index contributed by atoms with van der Waals surface area (Å²) < 4.78 is 5.41. The van der Waals surface area contributed by atoms with Crippen molar-refractivity contribution in [1.29, 1.82) is 0 Å². The third-order valence-corrected chi connectivity index (χ3v) is 5.22. The van der Waals surface area contributed by atoms with Crippen LogP contribution in [-0.2, 0) is 9.53 Å². The van der Waals surface area contributed by atoms with Crippen molar-refractivity contribution in [3.05, 3.63) is 0 Å². The Kier molecular flexibility index (Phi) is 9.77. The van der Waals surface area contributed by atoms with Gasteiger partial charge in [0.25, 0.3) is 0 Å². The van der Waals surface area contributed by atoms with E-state index in [-0.39, 0.29) is 11.8 Å². The van der Waals surface area contributed by atoms with E-state index in [0.717, 1.165) is 58.2 Å².